The van der Waals surface area contributed by atoms with Gasteiger partial charge in [-0.05, 0) is 67.2 Å². The molecule has 0 saturated heterocycles. The van der Waals surface area contributed by atoms with Crippen molar-refractivity contribution in [1.82, 2.24) is 9.80 Å². The first-order valence-corrected chi connectivity index (χ1v) is 10.7. The Morgan fingerprint density at radius 1 is 0.500 bits per heavy atom. The van der Waals surface area contributed by atoms with Gasteiger partial charge in [0.1, 0.15) is 12.2 Å². The van der Waals surface area contributed by atoms with Crippen LogP contribution in [0.15, 0.2) is 0 Å². The van der Waals surface area contributed by atoms with Crippen LogP contribution in [0.5, 0.6) is 0 Å². The quantitative estimate of drug-likeness (QED) is 0.509. The molecule has 0 fully saturated rings. The van der Waals surface area contributed by atoms with Crippen LogP contribution in [0.2, 0.25) is 0 Å². The van der Waals surface area contributed by atoms with E-state index in [2.05, 4.69) is 0 Å². The second-order valence-electron chi connectivity index (χ2n) is 9.37. The van der Waals surface area contributed by atoms with Gasteiger partial charge in [0.2, 0.25) is 0 Å². The SMILES string of the molecule is CC(C)C(OC(=O)N(C(C)C)C(C)C)C(OC(=O)N(C(C)C)C(C)C)C(C)C. The highest BCUT2D eigenvalue weighted by atomic mass is 16.6. The van der Waals surface area contributed by atoms with E-state index in [9.17, 15) is 9.59 Å². The van der Waals surface area contributed by atoms with E-state index in [1.165, 1.54) is 0 Å². The number of nitrogens with zero attached hydrogens (tertiary/aromatic N) is 2. The summed E-state index contributed by atoms with van der Waals surface area (Å²) >= 11 is 0. The predicted octanol–water partition coefficient (Wildman–Crippen LogP) is 5.55. The number of hydrogen-bond donors (Lipinski definition) is 0. The van der Waals surface area contributed by atoms with Crippen molar-refractivity contribution in [3.05, 3.63) is 0 Å². The van der Waals surface area contributed by atoms with Gasteiger partial charge in [0.05, 0.1) is 0 Å². The standard InChI is InChI=1S/C22H44N2O4/c1-13(2)19(27-21(25)23(15(5)6)16(7)8)20(14(3)4)28-22(26)24(17(9)10)18(11)12/h13-20H,1-12H3. The summed E-state index contributed by atoms with van der Waals surface area (Å²) in [6, 6.07) is 0.103. The zero-order valence-electron chi connectivity index (χ0n) is 20.1. The fraction of sp³-hybridized carbons (Fsp3) is 0.909. The number of carbonyl (C=O) groups excluding carboxylic acids is 2. The van der Waals surface area contributed by atoms with E-state index >= 15 is 0 Å². The summed E-state index contributed by atoms with van der Waals surface area (Å²) in [6.45, 7) is 23.7. The third-order valence-electron chi connectivity index (χ3n) is 4.76. The summed E-state index contributed by atoms with van der Waals surface area (Å²) < 4.78 is 11.8. The average Bonchev–Trinajstić information content (AvgIpc) is 2.48. The molecule has 0 spiro atoms. The van der Waals surface area contributed by atoms with Crippen LogP contribution in [-0.2, 0) is 9.47 Å². The Morgan fingerprint density at radius 2 is 0.714 bits per heavy atom. The fourth-order valence-electron chi connectivity index (χ4n) is 3.56. The molecule has 2 atom stereocenters. The van der Waals surface area contributed by atoms with Gasteiger partial charge in [-0.3, -0.25) is 0 Å². The second-order valence-corrected chi connectivity index (χ2v) is 9.37. The molecule has 2 amide bonds. The van der Waals surface area contributed by atoms with Crippen molar-refractivity contribution in [3.63, 3.8) is 0 Å². The van der Waals surface area contributed by atoms with E-state index < -0.39 is 12.2 Å². The maximum atomic E-state index is 12.9. The van der Waals surface area contributed by atoms with Gasteiger partial charge in [-0.1, -0.05) is 27.7 Å². The van der Waals surface area contributed by atoms with Gasteiger partial charge < -0.3 is 19.3 Å². The van der Waals surface area contributed by atoms with Crippen molar-refractivity contribution in [1.29, 1.82) is 0 Å². The molecule has 0 aliphatic rings. The number of hydrogen-bond acceptors (Lipinski definition) is 4. The smallest absolute Gasteiger partial charge is 0.410 e. The van der Waals surface area contributed by atoms with E-state index in [-0.39, 0.29) is 48.2 Å². The van der Waals surface area contributed by atoms with E-state index in [1.807, 2.05) is 83.1 Å². The zero-order chi connectivity index (χ0) is 22.3. The maximum absolute atomic E-state index is 12.9. The van der Waals surface area contributed by atoms with E-state index in [0.29, 0.717) is 0 Å². The van der Waals surface area contributed by atoms with Gasteiger partial charge >= 0.3 is 12.2 Å². The first kappa shape index (κ1) is 26.5. The highest BCUT2D eigenvalue weighted by Gasteiger charge is 2.37. The van der Waals surface area contributed by atoms with Gasteiger partial charge in [0.15, 0.2) is 0 Å². The molecule has 0 aliphatic heterocycles. The molecule has 28 heavy (non-hydrogen) atoms. The Bertz CT molecular complexity index is 427. The molecule has 0 heterocycles. The molecule has 6 nitrogen and oxygen atoms in total. The van der Waals surface area contributed by atoms with Crippen LogP contribution in [0.4, 0.5) is 9.59 Å². The molecule has 0 aliphatic carbocycles. The van der Waals surface area contributed by atoms with Crippen molar-refractivity contribution < 1.29 is 19.1 Å². The zero-order valence-corrected chi connectivity index (χ0v) is 20.1. The molecule has 0 aromatic carbocycles. The lowest BCUT2D eigenvalue weighted by Crippen LogP contribution is -2.50. The van der Waals surface area contributed by atoms with Crippen molar-refractivity contribution in [2.24, 2.45) is 11.8 Å². The molecular formula is C22H44N2O4. The lowest BCUT2D eigenvalue weighted by atomic mass is 9.93. The molecular weight excluding hydrogens is 356 g/mol. The lowest BCUT2D eigenvalue weighted by Gasteiger charge is -2.38. The normalized spacial score (nSPS) is 14.2. The number of ether oxygens (including phenoxy) is 2. The third-order valence-corrected chi connectivity index (χ3v) is 4.76. The first-order chi connectivity index (χ1) is 12.7. The predicted molar refractivity (Wildman–Crippen MR) is 114 cm³/mol. The van der Waals surface area contributed by atoms with Crippen LogP contribution in [0, 0.1) is 11.8 Å². The Hall–Kier alpha value is -1.46. The van der Waals surface area contributed by atoms with E-state index in [1.54, 1.807) is 9.80 Å². The molecule has 0 saturated carbocycles. The van der Waals surface area contributed by atoms with Gasteiger partial charge in [0, 0.05) is 24.2 Å². The average molecular weight is 401 g/mol. The highest BCUT2D eigenvalue weighted by molar-refractivity contribution is 5.69. The molecule has 6 heteroatoms. The summed E-state index contributed by atoms with van der Waals surface area (Å²) in [6.07, 6.45) is -1.76. The third kappa shape index (κ3) is 7.51. The van der Waals surface area contributed by atoms with Crippen molar-refractivity contribution >= 4 is 12.2 Å². The van der Waals surface area contributed by atoms with Gasteiger partial charge in [-0.2, -0.15) is 0 Å². The van der Waals surface area contributed by atoms with Crippen molar-refractivity contribution in [2.75, 3.05) is 0 Å². The second kappa shape index (κ2) is 11.5. The molecule has 0 N–H and O–H groups in total. The van der Waals surface area contributed by atoms with E-state index in [0.717, 1.165) is 0 Å². The molecule has 0 aromatic rings. The minimum absolute atomic E-state index is 0.0110. The van der Waals surface area contributed by atoms with Crippen molar-refractivity contribution in [2.45, 2.75) is 119 Å². The van der Waals surface area contributed by atoms with Gasteiger partial charge in [-0.25, -0.2) is 9.59 Å². The molecule has 2 unspecified atom stereocenters. The Kier molecular flexibility index (Phi) is 10.9. The minimum Gasteiger partial charge on any atom is -0.442 e. The van der Waals surface area contributed by atoms with Crippen LogP contribution in [-0.4, -0.2) is 58.4 Å². The van der Waals surface area contributed by atoms with Crippen LogP contribution in [0.1, 0.15) is 83.1 Å². The maximum Gasteiger partial charge on any atom is 0.410 e. The fourth-order valence-corrected chi connectivity index (χ4v) is 3.56. The summed E-state index contributed by atoms with van der Waals surface area (Å²) in [5, 5.41) is 0. The summed E-state index contributed by atoms with van der Waals surface area (Å²) in [4.78, 5) is 29.1. The molecule has 166 valence electrons. The minimum atomic E-state index is -0.516. The molecule has 0 radical (unpaired) electrons. The number of carbonyl (C=O) groups is 2. The van der Waals surface area contributed by atoms with Crippen LogP contribution >= 0.6 is 0 Å². The summed E-state index contributed by atoms with van der Waals surface area (Å²) in [5.41, 5.74) is 0. The lowest BCUT2D eigenvalue weighted by molar-refractivity contribution is -0.0722. The van der Waals surface area contributed by atoms with E-state index in [4.69, 9.17) is 9.47 Å². The Labute approximate surface area is 172 Å². The van der Waals surface area contributed by atoms with Crippen LogP contribution in [0.25, 0.3) is 0 Å². The number of rotatable bonds is 9. The Morgan fingerprint density at radius 3 is 0.857 bits per heavy atom. The Balaban J connectivity index is 5.61. The largest absolute Gasteiger partial charge is 0.442 e. The van der Waals surface area contributed by atoms with Crippen molar-refractivity contribution in [3.8, 4) is 0 Å². The summed E-state index contributed by atoms with van der Waals surface area (Å²) in [7, 11) is 0. The first-order valence-electron chi connectivity index (χ1n) is 10.7. The molecule has 0 rings (SSSR count). The topological polar surface area (TPSA) is 59.1 Å². The molecule has 0 bridgehead atoms. The summed E-state index contributed by atoms with van der Waals surface area (Å²) in [5.74, 6) is 0.0220. The van der Waals surface area contributed by atoms with Gasteiger partial charge in [-0.15, -0.1) is 0 Å². The monoisotopic (exact) mass is 400 g/mol. The highest BCUT2D eigenvalue weighted by Crippen LogP contribution is 2.24. The van der Waals surface area contributed by atoms with Gasteiger partial charge in [0.25, 0.3) is 0 Å². The van der Waals surface area contributed by atoms with Crippen LogP contribution in [0.3, 0.4) is 0 Å². The molecule has 0 aromatic heterocycles. The van der Waals surface area contributed by atoms with Crippen LogP contribution < -0.4 is 0 Å². The number of amides is 2.